The van der Waals surface area contributed by atoms with E-state index in [0.29, 0.717) is 36.6 Å². The fraction of sp³-hybridized carbons (Fsp3) is 0.442. The summed E-state index contributed by atoms with van der Waals surface area (Å²) >= 11 is 5.77. The molecule has 2 bridgehead atoms. The summed E-state index contributed by atoms with van der Waals surface area (Å²) in [5.41, 5.74) is -0.0268. The molecule has 8 rings (SSSR count). The van der Waals surface area contributed by atoms with Crippen LogP contribution in [0, 0.1) is 11.3 Å². The van der Waals surface area contributed by atoms with E-state index in [4.69, 9.17) is 17.0 Å². The van der Waals surface area contributed by atoms with Crippen molar-refractivity contribution in [2.75, 3.05) is 53.2 Å². The van der Waals surface area contributed by atoms with Gasteiger partial charge in [0.2, 0.25) is 17.7 Å². The number of fused-ring (bicyclic) bond motifs is 2. The zero-order valence-electron chi connectivity index (χ0n) is 33.2. The summed E-state index contributed by atoms with van der Waals surface area (Å²) in [6.45, 7) is 6.39. The smallest absolute Gasteiger partial charge is 0.417 e. The number of imide groups is 1. The van der Waals surface area contributed by atoms with Crippen LogP contribution in [0.15, 0.2) is 60.7 Å². The molecule has 1 saturated carbocycles. The van der Waals surface area contributed by atoms with Crippen LogP contribution >= 0.6 is 12.2 Å². The van der Waals surface area contributed by atoms with Gasteiger partial charge in [-0.25, -0.2) is 0 Å². The summed E-state index contributed by atoms with van der Waals surface area (Å²) in [6, 6.07) is 17.5. The van der Waals surface area contributed by atoms with Crippen molar-refractivity contribution < 1.29 is 37.1 Å². The Bertz CT molecular complexity index is 2280. The first-order chi connectivity index (χ1) is 28.6. The molecular weight excluding hydrogens is 798 g/mol. The normalized spacial score (nSPS) is 23.1. The predicted octanol–water partition coefficient (Wildman–Crippen LogP) is 5.75. The van der Waals surface area contributed by atoms with Crippen molar-refractivity contribution >= 4 is 63.7 Å². The number of nitrogens with one attached hydrogen (secondary N) is 3. The molecule has 314 valence electrons. The number of carbonyl (C=O) groups is 4. The van der Waals surface area contributed by atoms with Gasteiger partial charge in [-0.3, -0.25) is 39.2 Å². The number of benzene rings is 3. The Morgan fingerprint density at radius 2 is 1.68 bits per heavy atom. The van der Waals surface area contributed by atoms with Crippen molar-refractivity contribution in [2.24, 2.45) is 0 Å². The van der Waals surface area contributed by atoms with Crippen LogP contribution in [0.25, 0.3) is 0 Å². The number of carbonyl (C=O) groups excluding carboxylic acids is 4. The molecule has 5 aliphatic rings. The van der Waals surface area contributed by atoms with Gasteiger partial charge < -0.3 is 20.3 Å². The summed E-state index contributed by atoms with van der Waals surface area (Å²) in [6.07, 6.45) is -0.166. The number of nitriles is 1. The summed E-state index contributed by atoms with van der Waals surface area (Å²) in [7, 11) is 0. The maximum atomic E-state index is 13.8. The SMILES string of the molecule is CC1(C)C(=O)N(c2ccc(C#N)c(C(F)(F)F)c2)C(=S)N1c1ccc(OCCN2CC3CCC(C2)N3CC(=O)Nc2cccc(NC3CCC(=O)NC3=O)c2)c(C2CC2)c1. The molecule has 17 heteroatoms. The number of likely N-dealkylation sites (tertiary alicyclic amines) is 1. The first-order valence-electron chi connectivity index (χ1n) is 20.2. The minimum Gasteiger partial charge on any atom is -0.492 e. The van der Waals surface area contributed by atoms with E-state index in [2.05, 4.69) is 25.8 Å². The number of thiocarbonyl (C=S) groups is 1. The van der Waals surface area contributed by atoms with Gasteiger partial charge in [0.25, 0.3) is 5.91 Å². The fourth-order valence-corrected chi connectivity index (χ4v) is 9.39. The van der Waals surface area contributed by atoms with Gasteiger partial charge in [-0.05, 0) is 124 Å². The minimum atomic E-state index is -4.79. The summed E-state index contributed by atoms with van der Waals surface area (Å²) < 4.78 is 47.9. The number of amides is 4. The van der Waals surface area contributed by atoms with Gasteiger partial charge in [0, 0.05) is 55.2 Å². The number of piperazine rings is 1. The third-order valence-corrected chi connectivity index (χ3v) is 12.4. The van der Waals surface area contributed by atoms with Crippen molar-refractivity contribution in [3.8, 4) is 11.8 Å². The zero-order valence-corrected chi connectivity index (χ0v) is 34.0. The molecule has 5 fully saturated rings. The van der Waals surface area contributed by atoms with E-state index in [1.54, 1.807) is 43.0 Å². The summed E-state index contributed by atoms with van der Waals surface area (Å²) in [5, 5.41) is 17.8. The molecule has 4 heterocycles. The number of piperidine rings is 1. The van der Waals surface area contributed by atoms with Gasteiger partial charge in [-0.15, -0.1) is 0 Å². The van der Waals surface area contributed by atoms with Crippen LogP contribution in [0.4, 0.5) is 35.9 Å². The highest BCUT2D eigenvalue weighted by Crippen LogP contribution is 2.47. The molecular formula is C43H45F3N8O5S. The summed E-state index contributed by atoms with van der Waals surface area (Å²) in [5.74, 6) is -0.227. The second-order valence-corrected chi connectivity index (χ2v) is 17.0. The van der Waals surface area contributed by atoms with E-state index in [1.807, 2.05) is 24.3 Å². The Hall–Kier alpha value is -5.57. The van der Waals surface area contributed by atoms with Gasteiger partial charge in [-0.1, -0.05) is 6.07 Å². The Kier molecular flexibility index (Phi) is 11.1. The molecule has 60 heavy (non-hydrogen) atoms. The van der Waals surface area contributed by atoms with Crippen LogP contribution in [0.5, 0.6) is 5.75 Å². The molecule has 13 nitrogen and oxygen atoms in total. The van der Waals surface area contributed by atoms with E-state index < -0.39 is 34.8 Å². The van der Waals surface area contributed by atoms with Crippen molar-refractivity contribution in [1.82, 2.24) is 15.1 Å². The molecule has 4 amide bonds. The predicted molar refractivity (Wildman–Crippen MR) is 222 cm³/mol. The van der Waals surface area contributed by atoms with Crippen LogP contribution in [0.2, 0.25) is 0 Å². The van der Waals surface area contributed by atoms with Gasteiger partial charge in [0.1, 0.15) is 23.9 Å². The second-order valence-electron chi connectivity index (χ2n) is 16.6. The average Bonchev–Trinajstić information content (AvgIpc) is 3.99. The highest BCUT2D eigenvalue weighted by molar-refractivity contribution is 7.81. The topological polar surface area (TPSA) is 150 Å². The van der Waals surface area contributed by atoms with E-state index in [1.165, 1.54) is 6.07 Å². The molecule has 0 radical (unpaired) electrons. The monoisotopic (exact) mass is 842 g/mol. The van der Waals surface area contributed by atoms with Gasteiger partial charge in [-0.2, -0.15) is 18.4 Å². The minimum absolute atomic E-state index is 0.0398. The quantitative estimate of drug-likeness (QED) is 0.151. The lowest BCUT2D eigenvalue weighted by molar-refractivity contribution is -0.138. The number of hydrogen-bond donors (Lipinski definition) is 3. The second kappa shape index (κ2) is 16.1. The maximum Gasteiger partial charge on any atom is 0.417 e. The van der Waals surface area contributed by atoms with Crippen LogP contribution in [0.3, 0.4) is 0 Å². The van der Waals surface area contributed by atoms with Crippen molar-refractivity contribution in [3.05, 3.63) is 77.4 Å². The average molecular weight is 843 g/mol. The van der Waals surface area contributed by atoms with Crippen molar-refractivity contribution in [1.29, 1.82) is 5.26 Å². The van der Waals surface area contributed by atoms with Gasteiger partial charge >= 0.3 is 6.18 Å². The Morgan fingerprint density at radius 3 is 2.37 bits per heavy atom. The molecule has 4 aliphatic heterocycles. The Labute approximate surface area is 350 Å². The highest BCUT2D eigenvalue weighted by atomic mass is 32.1. The third-order valence-electron chi connectivity index (χ3n) is 12.1. The van der Waals surface area contributed by atoms with E-state index >= 15 is 0 Å². The first kappa shape index (κ1) is 41.2. The lowest BCUT2D eigenvalue weighted by atomic mass is 10.0. The molecule has 3 aromatic rings. The number of halogens is 3. The maximum absolute atomic E-state index is 13.8. The first-order valence-corrected chi connectivity index (χ1v) is 20.6. The lowest BCUT2D eigenvalue weighted by Gasteiger charge is -2.40. The Balaban J connectivity index is 0.868. The number of alkyl halides is 3. The molecule has 3 unspecified atom stereocenters. The van der Waals surface area contributed by atoms with Crippen molar-refractivity contribution in [3.63, 3.8) is 0 Å². The van der Waals surface area contributed by atoms with E-state index in [-0.39, 0.29) is 59.5 Å². The van der Waals surface area contributed by atoms with Crippen LogP contribution in [-0.2, 0) is 25.4 Å². The third kappa shape index (κ3) is 8.28. The molecule has 3 atom stereocenters. The Morgan fingerprint density at radius 1 is 0.967 bits per heavy atom. The van der Waals surface area contributed by atoms with Gasteiger partial charge in [0.05, 0.1) is 29.4 Å². The molecule has 3 N–H and O–H groups in total. The number of anilines is 4. The van der Waals surface area contributed by atoms with Crippen LogP contribution in [-0.4, -0.2) is 95.0 Å². The zero-order chi connectivity index (χ0) is 42.5. The number of ether oxygens (including phenoxy) is 1. The molecule has 1 aliphatic carbocycles. The highest BCUT2D eigenvalue weighted by Gasteiger charge is 2.51. The van der Waals surface area contributed by atoms with Crippen molar-refractivity contribution in [2.45, 2.75) is 88.1 Å². The fourth-order valence-electron chi connectivity index (χ4n) is 8.87. The number of nitrogens with zero attached hydrogens (tertiary/aromatic N) is 5. The van der Waals surface area contributed by atoms with Crippen LogP contribution in [0.1, 0.15) is 75.0 Å². The number of hydrogen-bond acceptors (Lipinski definition) is 10. The molecule has 0 aromatic heterocycles. The van der Waals surface area contributed by atoms with E-state index in [0.717, 1.165) is 67.1 Å². The summed E-state index contributed by atoms with van der Waals surface area (Å²) in [4.78, 5) is 58.2. The van der Waals surface area contributed by atoms with Crippen LogP contribution < -0.4 is 30.5 Å². The largest absolute Gasteiger partial charge is 0.492 e. The molecule has 0 spiro atoms. The lowest BCUT2D eigenvalue weighted by Crippen LogP contribution is -2.56. The standard InChI is InChI=1S/C43H45F3N8O5S/c1-42(2)40(58)53(29-9-8-26(21-47)34(20-29)43(44,45)46)41(60)54(42)30-12-14-36(33(19-30)25-6-7-25)59-17-16-51-22-31-10-11-32(23-51)52(31)24-38(56)49-28-5-3-4-27(18-28)48-35-13-15-37(55)50-39(35)57/h3-5,8-9,12,14,18-20,25,31-32,35,48H,6-7,10-11,13,15-17,22-24H2,1-2H3,(H,49,56)(H,50,55,57). The van der Waals surface area contributed by atoms with E-state index in [9.17, 15) is 37.6 Å². The van der Waals surface area contributed by atoms with Gasteiger partial charge in [0.15, 0.2) is 5.11 Å². The number of rotatable bonds is 12. The molecule has 4 saturated heterocycles. The molecule has 3 aromatic carbocycles.